The first-order valence-electron chi connectivity index (χ1n) is 8.04. The molecular weight excluding hydrogens is 262 g/mol. The first kappa shape index (κ1) is 14.4. The SMILES string of the molecule is CCOc1ccc2nc(C(C)N3CCCC(C)C3)[nH]c2c1. The standard InChI is InChI=1S/C17H25N3O/c1-4-21-14-7-8-15-16(10-14)19-17(18-15)13(3)20-9-5-6-12(2)11-20/h7-8,10,12-13H,4-6,9,11H2,1-3H3,(H,18,19). The lowest BCUT2D eigenvalue weighted by molar-refractivity contribution is 0.135. The fraction of sp³-hybridized carbons (Fsp3) is 0.588. The van der Waals surface area contributed by atoms with E-state index in [-0.39, 0.29) is 0 Å². The van der Waals surface area contributed by atoms with Gasteiger partial charge in [-0.15, -0.1) is 0 Å². The number of H-pyrrole nitrogens is 1. The summed E-state index contributed by atoms with van der Waals surface area (Å²) in [4.78, 5) is 10.8. The molecule has 114 valence electrons. The lowest BCUT2D eigenvalue weighted by Crippen LogP contribution is -2.36. The number of hydrogen-bond donors (Lipinski definition) is 1. The number of hydrogen-bond acceptors (Lipinski definition) is 3. The molecule has 2 unspecified atom stereocenters. The number of fused-ring (bicyclic) bond motifs is 1. The quantitative estimate of drug-likeness (QED) is 0.931. The van der Waals surface area contributed by atoms with Gasteiger partial charge < -0.3 is 9.72 Å². The van der Waals surface area contributed by atoms with Crippen molar-refractivity contribution < 1.29 is 4.74 Å². The Kier molecular flexibility index (Phi) is 4.15. The fourth-order valence-electron chi connectivity index (χ4n) is 3.21. The van der Waals surface area contributed by atoms with Gasteiger partial charge >= 0.3 is 0 Å². The summed E-state index contributed by atoms with van der Waals surface area (Å²) in [5, 5.41) is 0. The van der Waals surface area contributed by atoms with E-state index in [0.717, 1.165) is 28.5 Å². The minimum atomic E-state index is 0.343. The Morgan fingerprint density at radius 1 is 1.48 bits per heavy atom. The maximum atomic E-state index is 5.56. The highest BCUT2D eigenvalue weighted by Gasteiger charge is 2.23. The van der Waals surface area contributed by atoms with Crippen molar-refractivity contribution in [3.05, 3.63) is 24.0 Å². The molecule has 0 radical (unpaired) electrons. The van der Waals surface area contributed by atoms with Crippen LogP contribution in [-0.4, -0.2) is 34.6 Å². The molecule has 1 aliphatic rings. The van der Waals surface area contributed by atoms with Crippen molar-refractivity contribution in [3.63, 3.8) is 0 Å². The molecule has 1 aliphatic heterocycles. The third-order valence-electron chi connectivity index (χ3n) is 4.41. The molecule has 0 bridgehead atoms. The van der Waals surface area contributed by atoms with E-state index in [1.807, 2.05) is 25.1 Å². The Balaban J connectivity index is 1.82. The van der Waals surface area contributed by atoms with Gasteiger partial charge in [-0.2, -0.15) is 0 Å². The van der Waals surface area contributed by atoms with Crippen LogP contribution in [0.15, 0.2) is 18.2 Å². The Morgan fingerprint density at radius 3 is 3.10 bits per heavy atom. The van der Waals surface area contributed by atoms with Crippen molar-refractivity contribution in [2.75, 3.05) is 19.7 Å². The van der Waals surface area contributed by atoms with Crippen molar-refractivity contribution >= 4 is 11.0 Å². The predicted molar refractivity (Wildman–Crippen MR) is 85.6 cm³/mol. The molecule has 0 aliphatic carbocycles. The summed E-state index contributed by atoms with van der Waals surface area (Å²) in [5.41, 5.74) is 2.08. The number of nitrogens with zero attached hydrogens (tertiary/aromatic N) is 2. The van der Waals surface area contributed by atoms with Gasteiger partial charge in [-0.1, -0.05) is 6.92 Å². The first-order chi connectivity index (χ1) is 10.2. The van der Waals surface area contributed by atoms with Gasteiger partial charge in [0.15, 0.2) is 0 Å². The van der Waals surface area contributed by atoms with Gasteiger partial charge in [-0.25, -0.2) is 4.98 Å². The number of ether oxygens (including phenoxy) is 1. The third-order valence-corrected chi connectivity index (χ3v) is 4.41. The molecular formula is C17H25N3O. The van der Waals surface area contributed by atoms with Gasteiger partial charge in [0.2, 0.25) is 0 Å². The maximum absolute atomic E-state index is 5.56. The highest BCUT2D eigenvalue weighted by atomic mass is 16.5. The summed E-state index contributed by atoms with van der Waals surface area (Å²) in [7, 11) is 0. The van der Waals surface area contributed by atoms with Gasteiger partial charge in [-0.05, 0) is 51.3 Å². The van der Waals surface area contributed by atoms with Crippen LogP contribution in [0.5, 0.6) is 5.75 Å². The molecule has 1 saturated heterocycles. The molecule has 2 heterocycles. The molecule has 0 amide bonds. The second-order valence-electron chi connectivity index (χ2n) is 6.15. The fourth-order valence-corrected chi connectivity index (χ4v) is 3.21. The molecule has 4 nitrogen and oxygen atoms in total. The van der Waals surface area contributed by atoms with Gasteiger partial charge in [0.05, 0.1) is 23.7 Å². The Hall–Kier alpha value is -1.55. The molecule has 2 atom stereocenters. The number of likely N-dealkylation sites (tertiary alicyclic amines) is 1. The molecule has 3 rings (SSSR count). The highest BCUT2D eigenvalue weighted by molar-refractivity contribution is 5.76. The zero-order valence-corrected chi connectivity index (χ0v) is 13.2. The van der Waals surface area contributed by atoms with Gasteiger partial charge in [0.25, 0.3) is 0 Å². The molecule has 1 aromatic carbocycles. The summed E-state index contributed by atoms with van der Waals surface area (Å²) >= 11 is 0. The lowest BCUT2D eigenvalue weighted by Gasteiger charge is -2.34. The van der Waals surface area contributed by atoms with Crippen LogP contribution in [0.1, 0.15) is 45.5 Å². The van der Waals surface area contributed by atoms with Crippen LogP contribution in [0.3, 0.4) is 0 Å². The minimum absolute atomic E-state index is 0.343. The normalized spacial score (nSPS) is 21.6. The molecule has 1 fully saturated rings. The van der Waals surface area contributed by atoms with Crippen LogP contribution < -0.4 is 4.74 Å². The molecule has 1 aromatic heterocycles. The van der Waals surface area contributed by atoms with E-state index in [0.29, 0.717) is 12.6 Å². The van der Waals surface area contributed by atoms with Crippen LogP contribution in [0.25, 0.3) is 11.0 Å². The largest absolute Gasteiger partial charge is 0.494 e. The number of imidazole rings is 1. The van der Waals surface area contributed by atoms with E-state index >= 15 is 0 Å². The zero-order valence-electron chi connectivity index (χ0n) is 13.2. The van der Waals surface area contributed by atoms with Gasteiger partial charge in [0.1, 0.15) is 11.6 Å². The summed E-state index contributed by atoms with van der Waals surface area (Å²) in [6.45, 7) is 9.62. The summed E-state index contributed by atoms with van der Waals surface area (Å²) < 4.78 is 5.56. The maximum Gasteiger partial charge on any atom is 0.124 e. The molecule has 4 heteroatoms. The van der Waals surface area contributed by atoms with Crippen molar-refractivity contribution in [1.29, 1.82) is 0 Å². The van der Waals surface area contributed by atoms with E-state index in [1.54, 1.807) is 0 Å². The highest BCUT2D eigenvalue weighted by Crippen LogP contribution is 2.27. The topological polar surface area (TPSA) is 41.1 Å². The monoisotopic (exact) mass is 287 g/mol. The Bertz CT molecular complexity index is 607. The summed E-state index contributed by atoms with van der Waals surface area (Å²) in [5.74, 6) is 2.75. The second-order valence-corrected chi connectivity index (χ2v) is 6.15. The number of piperidine rings is 1. The first-order valence-corrected chi connectivity index (χ1v) is 8.04. The third kappa shape index (κ3) is 3.05. The number of aromatic amines is 1. The molecule has 1 N–H and O–H groups in total. The zero-order chi connectivity index (χ0) is 14.8. The summed E-state index contributed by atoms with van der Waals surface area (Å²) in [6.07, 6.45) is 2.64. The Morgan fingerprint density at radius 2 is 2.33 bits per heavy atom. The van der Waals surface area contributed by atoms with E-state index in [1.165, 1.54) is 25.9 Å². The number of rotatable bonds is 4. The molecule has 0 spiro atoms. The van der Waals surface area contributed by atoms with Crippen molar-refractivity contribution in [2.45, 2.75) is 39.7 Å². The molecule has 21 heavy (non-hydrogen) atoms. The van der Waals surface area contributed by atoms with Crippen molar-refractivity contribution in [3.8, 4) is 5.75 Å². The van der Waals surface area contributed by atoms with E-state index in [9.17, 15) is 0 Å². The lowest BCUT2D eigenvalue weighted by atomic mass is 9.99. The Labute approximate surface area is 126 Å². The number of benzene rings is 1. The van der Waals surface area contributed by atoms with Crippen molar-refractivity contribution in [1.82, 2.24) is 14.9 Å². The molecule has 0 saturated carbocycles. The predicted octanol–water partition coefficient (Wildman–Crippen LogP) is 3.75. The number of aromatic nitrogens is 2. The second kappa shape index (κ2) is 6.06. The van der Waals surface area contributed by atoms with Crippen LogP contribution in [-0.2, 0) is 0 Å². The minimum Gasteiger partial charge on any atom is -0.494 e. The van der Waals surface area contributed by atoms with Crippen molar-refractivity contribution in [2.24, 2.45) is 5.92 Å². The van der Waals surface area contributed by atoms with E-state index < -0.39 is 0 Å². The van der Waals surface area contributed by atoms with Gasteiger partial charge in [-0.3, -0.25) is 4.90 Å². The van der Waals surface area contributed by atoms with Crippen LogP contribution >= 0.6 is 0 Å². The van der Waals surface area contributed by atoms with Gasteiger partial charge in [0, 0.05) is 12.6 Å². The van der Waals surface area contributed by atoms with E-state index in [2.05, 4.69) is 23.7 Å². The summed E-state index contributed by atoms with van der Waals surface area (Å²) in [6, 6.07) is 6.41. The molecule has 2 aromatic rings. The number of nitrogens with one attached hydrogen (secondary N) is 1. The smallest absolute Gasteiger partial charge is 0.124 e. The van der Waals surface area contributed by atoms with Crippen LogP contribution in [0.2, 0.25) is 0 Å². The average molecular weight is 287 g/mol. The van der Waals surface area contributed by atoms with Crippen LogP contribution in [0.4, 0.5) is 0 Å². The van der Waals surface area contributed by atoms with E-state index in [4.69, 9.17) is 9.72 Å². The average Bonchev–Trinajstić information content (AvgIpc) is 2.90. The van der Waals surface area contributed by atoms with Crippen LogP contribution in [0, 0.1) is 5.92 Å².